The highest BCUT2D eigenvalue weighted by atomic mass is 28.4. The minimum absolute atomic E-state index is 0.0348. The minimum atomic E-state index is -1.67. The van der Waals surface area contributed by atoms with Gasteiger partial charge < -0.3 is 13.9 Å². The van der Waals surface area contributed by atoms with Crippen LogP contribution in [0.1, 0.15) is 6.42 Å². The van der Waals surface area contributed by atoms with Crippen LogP contribution in [0.3, 0.4) is 0 Å². The first-order valence-electron chi connectivity index (χ1n) is 7.15. The zero-order chi connectivity index (χ0) is 14.5. The maximum absolute atomic E-state index is 12.3. The van der Waals surface area contributed by atoms with E-state index in [1.165, 1.54) is 7.11 Å². The summed E-state index contributed by atoms with van der Waals surface area (Å²) in [6.45, 7) is 7.56. The molecule has 0 aromatic heterocycles. The number of azo groups is 1. The number of hydrogen-bond donors (Lipinski definition) is 0. The summed E-state index contributed by atoms with van der Waals surface area (Å²) in [5, 5.41) is 8.41. The van der Waals surface area contributed by atoms with E-state index in [4.69, 9.17) is 13.9 Å². The molecule has 3 aliphatic rings. The molecule has 0 spiro atoms. The Bertz CT molecular complexity index is 450. The van der Waals surface area contributed by atoms with E-state index >= 15 is 0 Å². The third-order valence-corrected chi connectivity index (χ3v) is 5.51. The summed E-state index contributed by atoms with van der Waals surface area (Å²) in [6.07, 6.45) is 0.677. The standard InChI is InChI=1S/C13H22N2O4Si/c1-17-12(16)13-8(6-14-15-13)5-9-10(13)7-18-11(9)19-20(2,3)4/h8-11H,5-7H2,1-4H3/t8-,9+,10+,11-,13+/m1/s1. The Labute approximate surface area is 120 Å². The van der Waals surface area contributed by atoms with Gasteiger partial charge in [-0.1, -0.05) is 0 Å². The average Bonchev–Trinajstić information content (AvgIpc) is 2.98. The molecule has 0 N–H and O–H groups in total. The molecule has 1 saturated carbocycles. The molecule has 1 saturated heterocycles. The fourth-order valence-corrected chi connectivity index (χ4v) is 4.73. The predicted molar refractivity (Wildman–Crippen MR) is 73.7 cm³/mol. The molecule has 112 valence electrons. The normalized spacial score (nSPS) is 42.6. The average molecular weight is 298 g/mol. The Morgan fingerprint density at radius 3 is 2.80 bits per heavy atom. The molecule has 5 atom stereocenters. The lowest BCUT2D eigenvalue weighted by molar-refractivity contribution is -0.150. The molecule has 2 fully saturated rings. The molecule has 0 unspecified atom stereocenters. The fraction of sp³-hybridized carbons (Fsp3) is 0.923. The Morgan fingerprint density at radius 1 is 1.40 bits per heavy atom. The maximum Gasteiger partial charge on any atom is 0.336 e. The van der Waals surface area contributed by atoms with Gasteiger partial charge in [0.1, 0.15) is 0 Å². The highest BCUT2D eigenvalue weighted by Gasteiger charge is 2.67. The first kappa shape index (κ1) is 14.2. The van der Waals surface area contributed by atoms with E-state index in [-0.39, 0.29) is 30.0 Å². The number of hydrogen-bond acceptors (Lipinski definition) is 6. The van der Waals surface area contributed by atoms with Gasteiger partial charge in [-0.25, -0.2) is 4.79 Å². The number of rotatable bonds is 3. The van der Waals surface area contributed by atoms with Crippen LogP contribution < -0.4 is 0 Å². The van der Waals surface area contributed by atoms with Gasteiger partial charge in [0.25, 0.3) is 0 Å². The van der Waals surface area contributed by atoms with Gasteiger partial charge in [-0.15, -0.1) is 0 Å². The van der Waals surface area contributed by atoms with Gasteiger partial charge in [0.05, 0.1) is 20.3 Å². The lowest BCUT2D eigenvalue weighted by Crippen LogP contribution is -2.46. The Kier molecular flexibility index (Phi) is 3.26. The molecule has 7 heteroatoms. The molecule has 1 aliphatic carbocycles. The van der Waals surface area contributed by atoms with E-state index in [1.54, 1.807) is 0 Å². The topological polar surface area (TPSA) is 69.5 Å². The molecule has 2 heterocycles. The monoisotopic (exact) mass is 298 g/mol. The third kappa shape index (κ3) is 1.94. The Balaban J connectivity index is 1.85. The van der Waals surface area contributed by atoms with Crippen molar-refractivity contribution in [2.75, 3.05) is 20.3 Å². The van der Waals surface area contributed by atoms with Crippen LogP contribution in [0.25, 0.3) is 0 Å². The molecule has 2 aliphatic heterocycles. The smallest absolute Gasteiger partial charge is 0.336 e. The van der Waals surface area contributed by atoms with Crippen molar-refractivity contribution < 1.29 is 18.7 Å². The zero-order valence-corrected chi connectivity index (χ0v) is 13.5. The summed E-state index contributed by atoms with van der Waals surface area (Å²) < 4.78 is 17.0. The van der Waals surface area contributed by atoms with Crippen LogP contribution in [0, 0.1) is 17.8 Å². The minimum Gasteiger partial charge on any atom is -0.467 e. The lowest BCUT2D eigenvalue weighted by atomic mass is 9.81. The van der Waals surface area contributed by atoms with Crippen molar-refractivity contribution in [2.24, 2.45) is 28.0 Å². The van der Waals surface area contributed by atoms with Gasteiger partial charge in [-0.05, 0) is 26.1 Å². The number of fused-ring (bicyclic) bond motifs is 3. The molecule has 0 radical (unpaired) electrons. The quantitative estimate of drug-likeness (QED) is 0.589. The third-order valence-electron chi connectivity index (χ3n) is 4.57. The molecule has 0 amide bonds. The molecule has 20 heavy (non-hydrogen) atoms. The summed E-state index contributed by atoms with van der Waals surface area (Å²) in [6, 6.07) is 0. The molecule has 0 aromatic carbocycles. The Morgan fingerprint density at radius 2 is 2.15 bits per heavy atom. The summed E-state index contributed by atoms with van der Waals surface area (Å²) >= 11 is 0. The second-order valence-corrected chi connectivity index (χ2v) is 11.3. The van der Waals surface area contributed by atoms with Gasteiger partial charge in [-0.3, -0.25) is 0 Å². The van der Waals surface area contributed by atoms with Crippen LogP contribution >= 0.6 is 0 Å². The van der Waals surface area contributed by atoms with Crippen molar-refractivity contribution in [1.29, 1.82) is 0 Å². The number of nitrogens with zero attached hydrogens (tertiary/aromatic N) is 2. The second-order valence-electron chi connectivity index (χ2n) is 6.88. The van der Waals surface area contributed by atoms with Crippen LogP contribution in [0.2, 0.25) is 19.6 Å². The van der Waals surface area contributed by atoms with Crippen molar-refractivity contribution in [3.05, 3.63) is 0 Å². The van der Waals surface area contributed by atoms with E-state index in [9.17, 15) is 4.79 Å². The van der Waals surface area contributed by atoms with Crippen LogP contribution in [-0.2, 0) is 18.7 Å². The zero-order valence-electron chi connectivity index (χ0n) is 12.5. The van der Waals surface area contributed by atoms with Crippen LogP contribution in [-0.4, -0.2) is 46.4 Å². The van der Waals surface area contributed by atoms with Crippen molar-refractivity contribution in [1.82, 2.24) is 0 Å². The fourth-order valence-electron chi connectivity index (χ4n) is 3.79. The van der Waals surface area contributed by atoms with Gasteiger partial charge in [0, 0.05) is 17.8 Å². The largest absolute Gasteiger partial charge is 0.467 e. The summed E-state index contributed by atoms with van der Waals surface area (Å²) in [4.78, 5) is 12.3. The van der Waals surface area contributed by atoms with E-state index in [2.05, 4.69) is 29.9 Å². The van der Waals surface area contributed by atoms with E-state index in [0.29, 0.717) is 13.2 Å². The van der Waals surface area contributed by atoms with Crippen molar-refractivity contribution >= 4 is 14.3 Å². The van der Waals surface area contributed by atoms with Gasteiger partial charge in [-0.2, -0.15) is 10.2 Å². The van der Waals surface area contributed by atoms with Gasteiger partial charge in [0.15, 0.2) is 20.1 Å². The molecule has 0 aromatic rings. The summed E-state index contributed by atoms with van der Waals surface area (Å²) in [7, 11) is -0.256. The van der Waals surface area contributed by atoms with E-state index in [0.717, 1.165) is 6.42 Å². The number of carbonyl (C=O) groups excluding carboxylic acids is 1. The number of carbonyl (C=O) groups is 1. The van der Waals surface area contributed by atoms with E-state index in [1.807, 2.05) is 0 Å². The first-order valence-corrected chi connectivity index (χ1v) is 10.6. The first-order chi connectivity index (χ1) is 9.38. The van der Waals surface area contributed by atoms with E-state index < -0.39 is 13.9 Å². The van der Waals surface area contributed by atoms with Gasteiger partial charge >= 0.3 is 5.97 Å². The molecular weight excluding hydrogens is 276 g/mol. The molecule has 0 bridgehead atoms. The highest BCUT2D eigenvalue weighted by Crippen LogP contribution is 2.55. The van der Waals surface area contributed by atoms with Crippen LogP contribution in [0.5, 0.6) is 0 Å². The number of methoxy groups -OCH3 is 1. The number of ether oxygens (including phenoxy) is 2. The Hall–Kier alpha value is -0.793. The molecular formula is C13H22N2O4Si. The summed E-state index contributed by atoms with van der Waals surface area (Å²) in [5.74, 6) is 0.132. The van der Waals surface area contributed by atoms with Crippen LogP contribution in [0.4, 0.5) is 0 Å². The predicted octanol–water partition coefficient (Wildman–Crippen LogP) is 1.82. The highest BCUT2D eigenvalue weighted by molar-refractivity contribution is 6.69. The van der Waals surface area contributed by atoms with Crippen molar-refractivity contribution in [3.8, 4) is 0 Å². The molecule has 3 rings (SSSR count). The van der Waals surface area contributed by atoms with Crippen molar-refractivity contribution in [2.45, 2.75) is 37.9 Å². The number of esters is 1. The second kappa shape index (κ2) is 4.61. The lowest BCUT2D eigenvalue weighted by Gasteiger charge is -2.27. The van der Waals surface area contributed by atoms with Gasteiger partial charge in [0.2, 0.25) is 0 Å². The molecule has 6 nitrogen and oxygen atoms in total. The SMILES string of the molecule is COC(=O)[C@]12N=NC[C@H]1C[C@@H]1[C@@H](O[Si](C)(C)C)OC[C@@H]12. The van der Waals surface area contributed by atoms with Crippen molar-refractivity contribution in [3.63, 3.8) is 0 Å². The summed E-state index contributed by atoms with van der Waals surface area (Å²) in [5.41, 5.74) is -0.822. The van der Waals surface area contributed by atoms with Crippen LogP contribution in [0.15, 0.2) is 10.2 Å². The maximum atomic E-state index is 12.3.